The lowest BCUT2D eigenvalue weighted by atomic mass is 10.1. The van der Waals surface area contributed by atoms with Crippen LogP contribution in [-0.2, 0) is 21.2 Å². The monoisotopic (exact) mass is 323 g/mol. The number of amides is 1. The fourth-order valence-corrected chi connectivity index (χ4v) is 4.43. The molecule has 1 fully saturated rings. The zero-order chi connectivity index (χ0) is 15.7. The van der Waals surface area contributed by atoms with E-state index in [0.717, 1.165) is 30.6 Å². The van der Waals surface area contributed by atoms with Crippen molar-refractivity contribution in [1.82, 2.24) is 10.0 Å². The summed E-state index contributed by atoms with van der Waals surface area (Å²) in [6, 6.07) is 4.95. The summed E-state index contributed by atoms with van der Waals surface area (Å²) in [5.41, 5.74) is 1.74. The third-order valence-electron chi connectivity index (χ3n) is 4.26. The third-order valence-corrected chi connectivity index (χ3v) is 5.77. The Kier molecular flexibility index (Phi) is 4.20. The Morgan fingerprint density at radius 2 is 2.23 bits per heavy atom. The number of fused-ring (bicyclic) bond motifs is 1. The predicted molar refractivity (Wildman–Crippen MR) is 84.4 cm³/mol. The fraction of sp³-hybridized carbons (Fsp3) is 0.533. The zero-order valence-electron chi connectivity index (χ0n) is 12.6. The summed E-state index contributed by atoms with van der Waals surface area (Å²) in [5.74, 6) is -0.0132. The summed E-state index contributed by atoms with van der Waals surface area (Å²) in [4.78, 5) is 13.5. The lowest BCUT2D eigenvalue weighted by molar-refractivity contribution is -0.116. The lowest BCUT2D eigenvalue weighted by Gasteiger charge is -2.23. The molecule has 0 unspecified atom stereocenters. The molecule has 1 amide bonds. The molecule has 0 aromatic heterocycles. The van der Waals surface area contributed by atoms with Crippen molar-refractivity contribution < 1.29 is 13.2 Å². The topological polar surface area (TPSA) is 78.5 Å². The van der Waals surface area contributed by atoms with E-state index in [0.29, 0.717) is 19.5 Å². The van der Waals surface area contributed by atoms with E-state index in [2.05, 4.69) is 10.0 Å². The number of benzene rings is 1. The van der Waals surface area contributed by atoms with E-state index in [1.165, 1.54) is 6.92 Å². The number of anilines is 1. The average molecular weight is 323 g/mol. The summed E-state index contributed by atoms with van der Waals surface area (Å²) >= 11 is 0. The molecule has 0 aliphatic carbocycles. The van der Waals surface area contributed by atoms with Crippen molar-refractivity contribution in [2.24, 2.45) is 0 Å². The van der Waals surface area contributed by atoms with Gasteiger partial charge in [-0.2, -0.15) is 0 Å². The first kappa shape index (κ1) is 15.5. The molecular formula is C15H21N3O3S. The Bertz CT molecular complexity index is 681. The molecule has 0 radical (unpaired) electrons. The first-order chi connectivity index (χ1) is 10.5. The van der Waals surface area contributed by atoms with Gasteiger partial charge >= 0.3 is 0 Å². The Labute approximate surface area is 130 Å². The van der Waals surface area contributed by atoms with Crippen LogP contribution in [0.25, 0.3) is 0 Å². The molecule has 1 saturated heterocycles. The maximum absolute atomic E-state index is 12.5. The van der Waals surface area contributed by atoms with Crippen LogP contribution < -0.4 is 14.9 Å². The molecule has 2 heterocycles. The molecule has 2 aliphatic rings. The van der Waals surface area contributed by atoms with Crippen LogP contribution in [0.5, 0.6) is 0 Å². The van der Waals surface area contributed by atoms with Gasteiger partial charge in [0, 0.05) is 31.7 Å². The van der Waals surface area contributed by atoms with E-state index in [4.69, 9.17) is 0 Å². The summed E-state index contributed by atoms with van der Waals surface area (Å²) < 4.78 is 27.8. The third kappa shape index (κ3) is 3.02. The number of nitrogens with zero attached hydrogens (tertiary/aromatic N) is 1. The van der Waals surface area contributed by atoms with Crippen LogP contribution in [-0.4, -0.2) is 40.0 Å². The van der Waals surface area contributed by atoms with Crippen molar-refractivity contribution in [3.05, 3.63) is 23.8 Å². The number of sulfonamides is 1. The van der Waals surface area contributed by atoms with Crippen molar-refractivity contribution in [3.8, 4) is 0 Å². The molecule has 3 rings (SSSR count). The van der Waals surface area contributed by atoms with Crippen molar-refractivity contribution in [1.29, 1.82) is 0 Å². The van der Waals surface area contributed by atoms with Gasteiger partial charge in [0.25, 0.3) is 0 Å². The summed E-state index contributed by atoms with van der Waals surface area (Å²) in [5, 5.41) is 3.20. The minimum absolute atomic E-state index is 0.0132. The summed E-state index contributed by atoms with van der Waals surface area (Å²) in [6.07, 6.45) is 2.53. The van der Waals surface area contributed by atoms with E-state index < -0.39 is 10.0 Å². The highest BCUT2D eigenvalue weighted by Crippen LogP contribution is 2.30. The van der Waals surface area contributed by atoms with Crippen LogP contribution in [0, 0.1) is 0 Å². The second-order valence-corrected chi connectivity index (χ2v) is 7.59. The molecular weight excluding hydrogens is 302 g/mol. The molecule has 120 valence electrons. The second-order valence-electron chi connectivity index (χ2n) is 5.88. The van der Waals surface area contributed by atoms with Gasteiger partial charge in [-0.05, 0) is 49.6 Å². The molecule has 22 heavy (non-hydrogen) atoms. The number of carbonyl (C=O) groups excluding carboxylic acids is 1. The minimum Gasteiger partial charge on any atom is -0.315 e. The zero-order valence-corrected chi connectivity index (χ0v) is 13.4. The van der Waals surface area contributed by atoms with Gasteiger partial charge in [0.2, 0.25) is 15.9 Å². The van der Waals surface area contributed by atoms with Gasteiger partial charge in [0.1, 0.15) is 0 Å². The smallest absolute Gasteiger partial charge is 0.240 e. The number of hydrogen-bond acceptors (Lipinski definition) is 4. The van der Waals surface area contributed by atoms with Crippen molar-refractivity contribution in [2.45, 2.75) is 37.1 Å². The molecule has 7 heteroatoms. The van der Waals surface area contributed by atoms with Gasteiger partial charge in [0.05, 0.1) is 4.90 Å². The SMILES string of the molecule is CC(=O)N1CCc2cc(S(=O)(=O)N[C@@H]3CCCNC3)ccc21. The minimum atomic E-state index is -3.51. The van der Waals surface area contributed by atoms with Crippen LogP contribution in [0.3, 0.4) is 0 Å². The maximum atomic E-state index is 12.5. The maximum Gasteiger partial charge on any atom is 0.240 e. The van der Waals surface area contributed by atoms with Crippen LogP contribution in [0.1, 0.15) is 25.3 Å². The second kappa shape index (κ2) is 5.98. The Morgan fingerprint density at radius 1 is 1.41 bits per heavy atom. The Hall–Kier alpha value is -1.44. The van der Waals surface area contributed by atoms with Gasteiger partial charge in [0.15, 0.2) is 0 Å². The van der Waals surface area contributed by atoms with Gasteiger partial charge in [-0.1, -0.05) is 0 Å². The van der Waals surface area contributed by atoms with Gasteiger partial charge in [-0.3, -0.25) is 4.79 Å². The van der Waals surface area contributed by atoms with E-state index in [-0.39, 0.29) is 16.8 Å². The highest BCUT2D eigenvalue weighted by atomic mass is 32.2. The lowest BCUT2D eigenvalue weighted by Crippen LogP contribution is -2.45. The first-order valence-corrected chi connectivity index (χ1v) is 9.10. The highest BCUT2D eigenvalue weighted by Gasteiger charge is 2.26. The Morgan fingerprint density at radius 3 is 2.91 bits per heavy atom. The van der Waals surface area contributed by atoms with Gasteiger partial charge in [-0.25, -0.2) is 13.1 Å². The first-order valence-electron chi connectivity index (χ1n) is 7.61. The highest BCUT2D eigenvalue weighted by molar-refractivity contribution is 7.89. The number of rotatable bonds is 3. The van der Waals surface area contributed by atoms with Crippen LogP contribution in [0.2, 0.25) is 0 Å². The van der Waals surface area contributed by atoms with Crippen molar-refractivity contribution >= 4 is 21.6 Å². The van der Waals surface area contributed by atoms with Crippen LogP contribution in [0.4, 0.5) is 5.69 Å². The van der Waals surface area contributed by atoms with Crippen molar-refractivity contribution in [3.63, 3.8) is 0 Å². The molecule has 2 N–H and O–H groups in total. The molecule has 0 bridgehead atoms. The average Bonchev–Trinajstić information content (AvgIpc) is 2.91. The number of nitrogens with one attached hydrogen (secondary N) is 2. The van der Waals surface area contributed by atoms with E-state index in [1.54, 1.807) is 23.1 Å². The normalized spacial score (nSPS) is 21.7. The largest absolute Gasteiger partial charge is 0.315 e. The Balaban J connectivity index is 1.81. The van der Waals surface area contributed by atoms with E-state index in [1.807, 2.05) is 0 Å². The summed E-state index contributed by atoms with van der Waals surface area (Å²) in [7, 11) is -3.51. The number of hydrogen-bond donors (Lipinski definition) is 2. The number of piperidine rings is 1. The summed E-state index contributed by atoms with van der Waals surface area (Å²) in [6.45, 7) is 3.76. The quantitative estimate of drug-likeness (QED) is 0.855. The molecule has 1 aromatic carbocycles. The molecule has 2 aliphatic heterocycles. The molecule has 1 aromatic rings. The van der Waals surface area contributed by atoms with Crippen LogP contribution in [0.15, 0.2) is 23.1 Å². The van der Waals surface area contributed by atoms with Gasteiger partial charge in [-0.15, -0.1) is 0 Å². The number of carbonyl (C=O) groups is 1. The molecule has 0 saturated carbocycles. The fourth-order valence-electron chi connectivity index (χ4n) is 3.11. The molecule has 6 nitrogen and oxygen atoms in total. The molecule has 0 spiro atoms. The van der Waals surface area contributed by atoms with E-state index >= 15 is 0 Å². The van der Waals surface area contributed by atoms with Crippen LogP contribution >= 0.6 is 0 Å². The van der Waals surface area contributed by atoms with E-state index in [9.17, 15) is 13.2 Å². The van der Waals surface area contributed by atoms with Gasteiger partial charge < -0.3 is 10.2 Å². The standard InChI is InChI=1S/C15H21N3O3S/c1-11(19)18-8-6-12-9-14(4-5-15(12)18)22(20,21)17-13-3-2-7-16-10-13/h4-5,9,13,16-17H,2-3,6-8,10H2,1H3/t13-/m1/s1. The molecule has 1 atom stereocenters. The predicted octanol–water partition coefficient (Wildman–Crippen LogP) is 0.626. The van der Waals surface area contributed by atoms with Crippen molar-refractivity contribution in [2.75, 3.05) is 24.5 Å².